The Balaban J connectivity index is 1.97. The van der Waals surface area contributed by atoms with Crippen LogP contribution in [0.2, 0.25) is 0 Å². The fourth-order valence-electron chi connectivity index (χ4n) is 1.86. The number of nitrogens with one attached hydrogen (secondary N) is 1. The van der Waals surface area contributed by atoms with Crippen molar-refractivity contribution < 1.29 is 4.52 Å². The molecule has 1 unspecified atom stereocenters. The second kappa shape index (κ2) is 5.82. The molecule has 5 nitrogen and oxygen atoms in total. The minimum Gasteiger partial charge on any atom is -0.346 e. The summed E-state index contributed by atoms with van der Waals surface area (Å²) in [7, 11) is 0. The van der Waals surface area contributed by atoms with Crippen LogP contribution >= 0.6 is 0 Å². The fraction of sp³-hybridized carbons (Fsp3) is 0.538. The summed E-state index contributed by atoms with van der Waals surface area (Å²) in [5.41, 5.74) is 1.28. The van der Waals surface area contributed by atoms with E-state index in [1.165, 1.54) is 5.56 Å². The van der Waals surface area contributed by atoms with E-state index in [2.05, 4.69) is 46.1 Å². The fourth-order valence-corrected chi connectivity index (χ4v) is 1.86. The van der Waals surface area contributed by atoms with Crippen LogP contribution in [0.25, 0.3) is 0 Å². The van der Waals surface area contributed by atoms with Crippen LogP contribution in [0.3, 0.4) is 0 Å². The Morgan fingerprint density at radius 2 is 2.33 bits per heavy atom. The molecule has 0 aliphatic carbocycles. The molecule has 2 aromatic heterocycles. The Morgan fingerprint density at radius 1 is 1.50 bits per heavy atom. The standard InChI is InChI=1S/C13H20N4O/c1-4-6-14-10(2)12-5-7-17(8-12)9-13-15-11(3)18-16-13/h5,7-8,10,14H,4,6,9H2,1-3H3. The molecule has 0 spiro atoms. The van der Waals surface area contributed by atoms with Crippen molar-refractivity contribution >= 4 is 0 Å². The van der Waals surface area contributed by atoms with Crippen molar-refractivity contribution in [3.05, 3.63) is 35.7 Å². The topological polar surface area (TPSA) is 55.9 Å². The summed E-state index contributed by atoms with van der Waals surface area (Å²) in [6, 6.07) is 2.50. The van der Waals surface area contributed by atoms with Crippen LogP contribution in [0.15, 0.2) is 23.0 Å². The summed E-state index contributed by atoms with van der Waals surface area (Å²) in [6.45, 7) is 7.83. The maximum Gasteiger partial charge on any atom is 0.223 e. The Kier molecular flexibility index (Phi) is 4.15. The number of hydrogen-bond acceptors (Lipinski definition) is 4. The van der Waals surface area contributed by atoms with E-state index in [0.717, 1.165) is 13.0 Å². The van der Waals surface area contributed by atoms with Gasteiger partial charge in [0.15, 0.2) is 5.82 Å². The maximum absolute atomic E-state index is 4.96. The van der Waals surface area contributed by atoms with E-state index >= 15 is 0 Å². The summed E-state index contributed by atoms with van der Waals surface area (Å²) in [5, 5.41) is 7.36. The van der Waals surface area contributed by atoms with Gasteiger partial charge in [-0.1, -0.05) is 12.1 Å². The molecule has 0 aromatic carbocycles. The lowest BCUT2D eigenvalue weighted by Crippen LogP contribution is -2.18. The SMILES string of the molecule is CCCNC(C)c1ccn(Cc2noc(C)n2)c1. The van der Waals surface area contributed by atoms with Crippen molar-refractivity contribution in [1.82, 2.24) is 20.0 Å². The second-order valence-electron chi connectivity index (χ2n) is 4.52. The van der Waals surface area contributed by atoms with Gasteiger partial charge in [0.25, 0.3) is 0 Å². The van der Waals surface area contributed by atoms with E-state index in [1.807, 2.05) is 6.20 Å². The van der Waals surface area contributed by atoms with Gasteiger partial charge in [-0.05, 0) is 31.5 Å². The Labute approximate surface area is 107 Å². The normalized spacial score (nSPS) is 12.8. The predicted octanol–water partition coefficient (Wildman–Crippen LogP) is 2.29. The average Bonchev–Trinajstić information content (AvgIpc) is 2.96. The number of aromatic nitrogens is 3. The molecule has 0 aliphatic rings. The van der Waals surface area contributed by atoms with Crippen LogP contribution in [-0.2, 0) is 6.54 Å². The minimum atomic E-state index is 0.373. The molecule has 5 heteroatoms. The maximum atomic E-state index is 4.96. The third kappa shape index (κ3) is 3.20. The lowest BCUT2D eigenvalue weighted by molar-refractivity contribution is 0.386. The van der Waals surface area contributed by atoms with Gasteiger partial charge in [-0.25, -0.2) is 0 Å². The summed E-state index contributed by atoms with van der Waals surface area (Å²) < 4.78 is 7.03. The second-order valence-corrected chi connectivity index (χ2v) is 4.52. The molecule has 0 aliphatic heterocycles. The molecule has 98 valence electrons. The lowest BCUT2D eigenvalue weighted by Gasteiger charge is -2.10. The summed E-state index contributed by atoms with van der Waals surface area (Å²) >= 11 is 0. The van der Waals surface area contributed by atoms with Gasteiger partial charge in [0.2, 0.25) is 5.89 Å². The smallest absolute Gasteiger partial charge is 0.223 e. The highest BCUT2D eigenvalue weighted by molar-refractivity contribution is 5.15. The lowest BCUT2D eigenvalue weighted by atomic mass is 10.2. The molecule has 0 radical (unpaired) electrons. The monoisotopic (exact) mass is 248 g/mol. The van der Waals surface area contributed by atoms with Gasteiger partial charge >= 0.3 is 0 Å². The van der Waals surface area contributed by atoms with E-state index < -0.39 is 0 Å². The van der Waals surface area contributed by atoms with Gasteiger partial charge in [0, 0.05) is 25.4 Å². The van der Waals surface area contributed by atoms with E-state index in [4.69, 9.17) is 4.52 Å². The van der Waals surface area contributed by atoms with Crippen LogP contribution in [0.1, 0.15) is 43.6 Å². The molecule has 0 saturated carbocycles. The van der Waals surface area contributed by atoms with Gasteiger partial charge in [-0.3, -0.25) is 0 Å². The minimum absolute atomic E-state index is 0.373. The van der Waals surface area contributed by atoms with Crippen molar-refractivity contribution in [2.24, 2.45) is 0 Å². The first-order chi connectivity index (χ1) is 8.69. The number of nitrogens with zero attached hydrogens (tertiary/aromatic N) is 3. The van der Waals surface area contributed by atoms with Crippen LogP contribution in [0.5, 0.6) is 0 Å². The van der Waals surface area contributed by atoms with Gasteiger partial charge < -0.3 is 14.4 Å². The zero-order valence-electron chi connectivity index (χ0n) is 11.2. The predicted molar refractivity (Wildman–Crippen MR) is 69.3 cm³/mol. The molecule has 2 aromatic rings. The molecule has 0 saturated heterocycles. The molecule has 2 rings (SSSR count). The van der Waals surface area contributed by atoms with Crippen LogP contribution in [0, 0.1) is 6.92 Å². The number of hydrogen-bond donors (Lipinski definition) is 1. The number of rotatable bonds is 6. The zero-order chi connectivity index (χ0) is 13.0. The highest BCUT2D eigenvalue weighted by Crippen LogP contribution is 2.13. The third-order valence-corrected chi connectivity index (χ3v) is 2.87. The van der Waals surface area contributed by atoms with E-state index in [1.54, 1.807) is 6.92 Å². The van der Waals surface area contributed by atoms with Gasteiger partial charge in [0.05, 0.1) is 6.54 Å². The first-order valence-corrected chi connectivity index (χ1v) is 6.37. The van der Waals surface area contributed by atoms with E-state index in [9.17, 15) is 0 Å². The van der Waals surface area contributed by atoms with E-state index in [0.29, 0.717) is 24.3 Å². The van der Waals surface area contributed by atoms with Crippen molar-refractivity contribution in [1.29, 1.82) is 0 Å². The highest BCUT2D eigenvalue weighted by Gasteiger charge is 2.07. The highest BCUT2D eigenvalue weighted by atomic mass is 16.5. The number of aryl methyl sites for hydroxylation is 1. The van der Waals surface area contributed by atoms with Crippen LogP contribution in [-0.4, -0.2) is 21.3 Å². The van der Waals surface area contributed by atoms with E-state index in [-0.39, 0.29) is 0 Å². The van der Waals surface area contributed by atoms with Crippen molar-refractivity contribution in [2.75, 3.05) is 6.54 Å². The first-order valence-electron chi connectivity index (χ1n) is 6.37. The molecule has 1 N–H and O–H groups in total. The van der Waals surface area contributed by atoms with Crippen LogP contribution in [0.4, 0.5) is 0 Å². The third-order valence-electron chi connectivity index (χ3n) is 2.87. The Morgan fingerprint density at radius 3 is 3.00 bits per heavy atom. The molecule has 2 heterocycles. The van der Waals surface area contributed by atoms with Crippen molar-refractivity contribution in [2.45, 2.75) is 39.8 Å². The van der Waals surface area contributed by atoms with Crippen molar-refractivity contribution in [3.63, 3.8) is 0 Å². The Hall–Kier alpha value is -1.62. The quantitative estimate of drug-likeness (QED) is 0.852. The molecular weight excluding hydrogens is 228 g/mol. The largest absolute Gasteiger partial charge is 0.346 e. The zero-order valence-corrected chi connectivity index (χ0v) is 11.2. The molecule has 0 fully saturated rings. The van der Waals surface area contributed by atoms with Gasteiger partial charge in [0.1, 0.15) is 0 Å². The molecule has 0 bridgehead atoms. The van der Waals surface area contributed by atoms with Gasteiger partial charge in [-0.15, -0.1) is 0 Å². The summed E-state index contributed by atoms with van der Waals surface area (Å²) in [5.74, 6) is 1.32. The van der Waals surface area contributed by atoms with Crippen LogP contribution < -0.4 is 5.32 Å². The van der Waals surface area contributed by atoms with Gasteiger partial charge in [-0.2, -0.15) is 4.98 Å². The molecule has 18 heavy (non-hydrogen) atoms. The first kappa shape index (κ1) is 12.8. The molecular formula is C13H20N4O. The van der Waals surface area contributed by atoms with Crippen molar-refractivity contribution in [3.8, 4) is 0 Å². The molecule has 1 atom stereocenters. The summed E-state index contributed by atoms with van der Waals surface area (Å²) in [6.07, 6.45) is 5.32. The Bertz CT molecular complexity index is 489. The summed E-state index contributed by atoms with van der Waals surface area (Å²) in [4.78, 5) is 4.20. The average molecular weight is 248 g/mol. The molecule has 0 amide bonds.